The van der Waals surface area contributed by atoms with Crippen molar-refractivity contribution in [2.75, 3.05) is 13.7 Å². The number of carbonyl (C=O) groups excluding carboxylic acids is 1. The number of rotatable bonds is 5. The number of nitrogens with one attached hydrogen (secondary N) is 1. The summed E-state index contributed by atoms with van der Waals surface area (Å²) in [4.78, 5) is 15.9. The Morgan fingerprint density at radius 2 is 2.29 bits per heavy atom. The van der Waals surface area contributed by atoms with Crippen molar-refractivity contribution in [1.82, 2.24) is 10.3 Å². The molecule has 1 N–H and O–H groups in total. The van der Waals surface area contributed by atoms with E-state index >= 15 is 0 Å². The first kappa shape index (κ1) is 13.9. The average molecular weight is 257 g/mol. The van der Waals surface area contributed by atoms with Crippen LogP contribution in [0.25, 0.3) is 0 Å². The van der Waals surface area contributed by atoms with Gasteiger partial charge in [0.25, 0.3) is 5.91 Å². The fourth-order valence-electron chi connectivity index (χ4n) is 1.35. The lowest BCUT2D eigenvalue weighted by Gasteiger charge is -2.21. The van der Waals surface area contributed by atoms with Gasteiger partial charge in [-0.05, 0) is 18.1 Å². The van der Waals surface area contributed by atoms with Gasteiger partial charge < -0.3 is 10.1 Å². The molecule has 17 heavy (non-hydrogen) atoms. The Bertz CT molecular complexity index is 383. The van der Waals surface area contributed by atoms with Crippen LogP contribution in [0.1, 0.15) is 24.3 Å². The molecule has 0 aliphatic rings. The van der Waals surface area contributed by atoms with Gasteiger partial charge in [0, 0.05) is 18.3 Å². The molecule has 0 aromatic carbocycles. The van der Waals surface area contributed by atoms with Crippen LogP contribution in [0, 0.1) is 5.92 Å². The molecule has 0 radical (unpaired) electrons. The van der Waals surface area contributed by atoms with Gasteiger partial charge in [-0.1, -0.05) is 25.4 Å². The lowest BCUT2D eigenvalue weighted by Crippen LogP contribution is -2.41. The Labute approximate surface area is 106 Å². The molecule has 0 aliphatic heterocycles. The summed E-state index contributed by atoms with van der Waals surface area (Å²) in [6.07, 6.45) is 1.51. The van der Waals surface area contributed by atoms with Crippen molar-refractivity contribution >= 4 is 17.5 Å². The van der Waals surface area contributed by atoms with E-state index in [1.54, 1.807) is 19.2 Å². The van der Waals surface area contributed by atoms with E-state index in [0.717, 1.165) is 0 Å². The predicted octanol–water partition coefficient (Wildman–Crippen LogP) is 2.14. The standard InChI is InChI=1S/C12H17ClN2O2/c1-8(2)11(7-17-3)15-12(16)10-6-9(13)4-5-14-10/h4-6,8,11H,7H2,1-3H3,(H,15,16). The number of amides is 1. The molecule has 1 heterocycles. The highest BCUT2D eigenvalue weighted by Gasteiger charge is 2.17. The average Bonchev–Trinajstić information content (AvgIpc) is 2.28. The molecule has 1 aromatic rings. The molecule has 0 aliphatic carbocycles. The van der Waals surface area contributed by atoms with Gasteiger partial charge in [0.15, 0.2) is 0 Å². The third kappa shape index (κ3) is 4.32. The molecule has 5 heteroatoms. The second-order valence-electron chi connectivity index (χ2n) is 4.14. The maximum absolute atomic E-state index is 11.9. The number of hydrogen-bond donors (Lipinski definition) is 1. The number of aromatic nitrogens is 1. The Balaban J connectivity index is 2.70. The first-order valence-electron chi connectivity index (χ1n) is 5.46. The lowest BCUT2D eigenvalue weighted by atomic mass is 10.1. The molecule has 1 aromatic heterocycles. The molecular formula is C12H17ClN2O2. The molecule has 1 rings (SSSR count). The van der Waals surface area contributed by atoms with Gasteiger partial charge in [0.05, 0.1) is 12.6 Å². The smallest absolute Gasteiger partial charge is 0.270 e. The van der Waals surface area contributed by atoms with Crippen LogP contribution in [0.4, 0.5) is 0 Å². The van der Waals surface area contributed by atoms with Crippen LogP contribution in [0.2, 0.25) is 5.02 Å². The summed E-state index contributed by atoms with van der Waals surface area (Å²) < 4.78 is 5.06. The summed E-state index contributed by atoms with van der Waals surface area (Å²) >= 11 is 5.80. The van der Waals surface area contributed by atoms with Gasteiger partial charge in [-0.25, -0.2) is 0 Å². The maximum atomic E-state index is 11.9. The molecule has 94 valence electrons. The molecule has 0 saturated heterocycles. The normalized spacial score (nSPS) is 12.5. The van der Waals surface area contributed by atoms with E-state index in [0.29, 0.717) is 17.3 Å². The number of carbonyl (C=O) groups is 1. The number of hydrogen-bond acceptors (Lipinski definition) is 3. The van der Waals surface area contributed by atoms with Crippen molar-refractivity contribution in [1.29, 1.82) is 0 Å². The first-order chi connectivity index (χ1) is 8.04. The second kappa shape index (κ2) is 6.57. The second-order valence-corrected chi connectivity index (χ2v) is 4.58. The molecule has 1 atom stereocenters. The Morgan fingerprint density at radius 3 is 2.82 bits per heavy atom. The van der Waals surface area contributed by atoms with Crippen molar-refractivity contribution < 1.29 is 9.53 Å². The molecule has 4 nitrogen and oxygen atoms in total. The zero-order valence-corrected chi connectivity index (χ0v) is 11.0. The minimum atomic E-state index is -0.233. The number of ether oxygens (including phenoxy) is 1. The molecule has 1 unspecified atom stereocenters. The van der Waals surface area contributed by atoms with Crippen molar-refractivity contribution in [3.05, 3.63) is 29.0 Å². The van der Waals surface area contributed by atoms with Crippen molar-refractivity contribution in [2.45, 2.75) is 19.9 Å². The number of nitrogens with zero attached hydrogens (tertiary/aromatic N) is 1. The Hall–Kier alpha value is -1.13. The van der Waals surface area contributed by atoms with E-state index < -0.39 is 0 Å². The third-order valence-corrected chi connectivity index (χ3v) is 2.66. The van der Waals surface area contributed by atoms with Gasteiger partial charge in [-0.3, -0.25) is 9.78 Å². The molecule has 0 fully saturated rings. The fraction of sp³-hybridized carbons (Fsp3) is 0.500. The van der Waals surface area contributed by atoms with Crippen LogP contribution >= 0.6 is 11.6 Å². The summed E-state index contributed by atoms with van der Waals surface area (Å²) in [5.74, 6) is 0.0568. The van der Waals surface area contributed by atoms with Gasteiger partial charge in [-0.15, -0.1) is 0 Å². The highest BCUT2D eigenvalue weighted by molar-refractivity contribution is 6.30. The lowest BCUT2D eigenvalue weighted by molar-refractivity contribution is 0.0862. The van der Waals surface area contributed by atoms with Crippen LogP contribution in [-0.2, 0) is 4.74 Å². The fourth-order valence-corrected chi connectivity index (χ4v) is 1.51. The number of methoxy groups -OCH3 is 1. The number of halogens is 1. The highest BCUT2D eigenvalue weighted by Crippen LogP contribution is 2.09. The Morgan fingerprint density at radius 1 is 1.59 bits per heavy atom. The van der Waals surface area contributed by atoms with Gasteiger partial charge in [0.1, 0.15) is 5.69 Å². The SMILES string of the molecule is COCC(NC(=O)c1cc(Cl)ccn1)C(C)C. The minimum Gasteiger partial charge on any atom is -0.383 e. The highest BCUT2D eigenvalue weighted by atomic mass is 35.5. The van der Waals surface area contributed by atoms with E-state index in [-0.39, 0.29) is 17.9 Å². The summed E-state index contributed by atoms with van der Waals surface area (Å²) in [6.45, 7) is 4.52. The van der Waals surface area contributed by atoms with Crippen molar-refractivity contribution in [3.8, 4) is 0 Å². The third-order valence-electron chi connectivity index (χ3n) is 2.42. The number of pyridine rings is 1. The van der Waals surface area contributed by atoms with E-state index in [1.807, 2.05) is 13.8 Å². The van der Waals surface area contributed by atoms with E-state index in [2.05, 4.69) is 10.3 Å². The summed E-state index contributed by atoms with van der Waals surface area (Å²) in [7, 11) is 1.61. The van der Waals surface area contributed by atoms with Crippen LogP contribution in [0.5, 0.6) is 0 Å². The Kier molecular flexibility index (Phi) is 5.38. The molecule has 0 bridgehead atoms. The first-order valence-corrected chi connectivity index (χ1v) is 5.83. The summed E-state index contributed by atoms with van der Waals surface area (Å²) in [5.41, 5.74) is 0.319. The van der Waals surface area contributed by atoms with E-state index in [4.69, 9.17) is 16.3 Å². The maximum Gasteiger partial charge on any atom is 0.270 e. The summed E-state index contributed by atoms with van der Waals surface area (Å²) in [6, 6.07) is 3.14. The van der Waals surface area contributed by atoms with Gasteiger partial charge >= 0.3 is 0 Å². The van der Waals surface area contributed by atoms with Crippen molar-refractivity contribution in [2.24, 2.45) is 5.92 Å². The van der Waals surface area contributed by atoms with Crippen LogP contribution < -0.4 is 5.32 Å². The monoisotopic (exact) mass is 256 g/mol. The largest absolute Gasteiger partial charge is 0.383 e. The topological polar surface area (TPSA) is 51.2 Å². The van der Waals surface area contributed by atoms with Crippen LogP contribution in [0.3, 0.4) is 0 Å². The van der Waals surface area contributed by atoms with Crippen LogP contribution in [-0.4, -0.2) is 30.6 Å². The van der Waals surface area contributed by atoms with Gasteiger partial charge in [0.2, 0.25) is 0 Å². The van der Waals surface area contributed by atoms with Crippen LogP contribution in [0.15, 0.2) is 18.3 Å². The molecule has 0 spiro atoms. The zero-order valence-electron chi connectivity index (χ0n) is 10.2. The summed E-state index contributed by atoms with van der Waals surface area (Å²) in [5, 5.41) is 3.37. The van der Waals surface area contributed by atoms with E-state index in [1.165, 1.54) is 6.20 Å². The van der Waals surface area contributed by atoms with Crippen molar-refractivity contribution in [3.63, 3.8) is 0 Å². The molecule has 0 saturated carbocycles. The predicted molar refractivity (Wildman–Crippen MR) is 67.2 cm³/mol. The van der Waals surface area contributed by atoms with Gasteiger partial charge in [-0.2, -0.15) is 0 Å². The zero-order chi connectivity index (χ0) is 12.8. The molecule has 1 amide bonds. The quantitative estimate of drug-likeness (QED) is 0.878. The van der Waals surface area contributed by atoms with E-state index in [9.17, 15) is 4.79 Å². The minimum absolute atomic E-state index is 0.0340. The molecular weight excluding hydrogens is 240 g/mol.